The maximum atomic E-state index is 9.57. The molecule has 0 aliphatic heterocycles. The average molecular weight is 545 g/mol. The van der Waals surface area contributed by atoms with Crippen LogP contribution in [-0.4, -0.2) is 14.5 Å². The fourth-order valence-electron chi connectivity index (χ4n) is 2.87. The van der Waals surface area contributed by atoms with Gasteiger partial charge in [0.2, 0.25) is 0 Å². The van der Waals surface area contributed by atoms with E-state index in [4.69, 9.17) is 0 Å². The zero-order valence-electron chi connectivity index (χ0n) is 20.9. The second-order valence-electron chi connectivity index (χ2n) is 9.70. The van der Waals surface area contributed by atoms with Crippen molar-refractivity contribution in [2.45, 2.75) is 66.2 Å². The van der Waals surface area contributed by atoms with Crippen molar-refractivity contribution in [2.75, 3.05) is 0 Å². The van der Waals surface area contributed by atoms with Crippen molar-refractivity contribution in [3.63, 3.8) is 0 Å². The van der Waals surface area contributed by atoms with E-state index in [0.717, 1.165) is 11.1 Å². The van der Waals surface area contributed by atoms with Crippen molar-refractivity contribution in [3.05, 3.63) is 81.0 Å². The minimum absolute atomic E-state index is 0. The predicted octanol–water partition coefficient (Wildman–Crippen LogP) is 8.29. The normalized spacial score (nSPS) is 10.3. The van der Waals surface area contributed by atoms with E-state index < -0.39 is 0 Å². The zero-order valence-corrected chi connectivity index (χ0v) is 24.9. The molecule has 0 unspecified atom stereocenters. The Balaban J connectivity index is 0. The summed E-state index contributed by atoms with van der Waals surface area (Å²) in [6.07, 6.45) is 0. The Morgan fingerprint density at radius 2 is 1.12 bits per heavy atom. The third-order valence-electron chi connectivity index (χ3n) is 4.61. The third kappa shape index (κ3) is 12.3. The van der Waals surface area contributed by atoms with Gasteiger partial charge in [-0.25, -0.2) is 0 Å². The Bertz CT molecular complexity index is 911. The molecular weight excluding hydrogens is 507 g/mol. The van der Waals surface area contributed by atoms with Gasteiger partial charge in [0.25, 0.3) is 0 Å². The fraction of sp³-hybridized carbons (Fsp3) is 0.370. The first kappa shape index (κ1) is 34.1. The molecule has 0 saturated heterocycles. The average Bonchev–Trinajstić information content (AvgIpc) is 3.19. The van der Waals surface area contributed by atoms with Gasteiger partial charge in [-0.2, -0.15) is 0 Å². The fourth-order valence-corrected chi connectivity index (χ4v) is 3.88. The van der Waals surface area contributed by atoms with Crippen LogP contribution in [0.15, 0.2) is 53.9 Å². The zero-order chi connectivity index (χ0) is 23.8. The molecule has 0 amide bonds. The second kappa shape index (κ2) is 15.0. The molecule has 3 aromatic rings. The summed E-state index contributed by atoms with van der Waals surface area (Å²) in [5.41, 5.74) is 4.46. The number of aryl methyl sites for hydroxylation is 2. The van der Waals surface area contributed by atoms with Crippen molar-refractivity contribution < 1.29 is 30.2 Å². The van der Waals surface area contributed by atoms with E-state index >= 15 is 0 Å². The number of hydrogen-bond donors (Lipinski definition) is 2. The summed E-state index contributed by atoms with van der Waals surface area (Å²) in [4.78, 5) is 1.35. The number of halogens is 2. The van der Waals surface area contributed by atoms with E-state index in [1.807, 2.05) is 58.1 Å². The molecule has 6 heteroatoms. The van der Waals surface area contributed by atoms with E-state index in [9.17, 15) is 10.2 Å². The first-order chi connectivity index (χ1) is 14.3. The molecule has 0 bridgehead atoms. The summed E-state index contributed by atoms with van der Waals surface area (Å²) < 4.78 is 2.10. The molecule has 0 fully saturated rings. The summed E-state index contributed by atoms with van der Waals surface area (Å²) in [5, 5.41) is 21.2. The molecule has 0 saturated carbocycles. The molecule has 0 spiro atoms. The van der Waals surface area contributed by atoms with Crippen molar-refractivity contribution in [3.8, 4) is 11.5 Å². The van der Waals surface area contributed by atoms with Crippen molar-refractivity contribution in [1.29, 1.82) is 0 Å². The Morgan fingerprint density at radius 1 is 0.727 bits per heavy atom. The number of thiophene rings is 1. The van der Waals surface area contributed by atoms with E-state index in [1.54, 1.807) is 23.5 Å². The van der Waals surface area contributed by atoms with Crippen LogP contribution in [0.2, 0.25) is 0 Å². The van der Waals surface area contributed by atoms with E-state index in [1.165, 1.54) is 16.0 Å². The van der Waals surface area contributed by atoms with Gasteiger partial charge in [0.15, 0.2) is 0 Å². The SMILES string of the molecule is Cc1ccc(O)c(C(C)(C)C)c1.Cc1ccc(O)c(C(C)(C)C)c1.Cl.Cl.[Ti]=[CH]c1cccs1. The van der Waals surface area contributed by atoms with Crippen molar-refractivity contribution >= 4 is 40.5 Å². The van der Waals surface area contributed by atoms with Gasteiger partial charge < -0.3 is 10.2 Å². The summed E-state index contributed by atoms with van der Waals surface area (Å²) in [5.74, 6) is 0.793. The predicted molar refractivity (Wildman–Crippen MR) is 147 cm³/mol. The van der Waals surface area contributed by atoms with Gasteiger partial charge in [-0.15, -0.1) is 24.8 Å². The molecule has 0 atom stereocenters. The molecule has 0 aliphatic rings. The van der Waals surface area contributed by atoms with Crippen LogP contribution < -0.4 is 0 Å². The van der Waals surface area contributed by atoms with E-state index in [2.05, 4.69) is 63.4 Å². The van der Waals surface area contributed by atoms with E-state index in [-0.39, 0.29) is 35.6 Å². The van der Waals surface area contributed by atoms with Gasteiger partial charge >= 0.3 is 58.0 Å². The number of phenols is 2. The molecule has 3 rings (SSSR count). The third-order valence-corrected chi connectivity index (χ3v) is 6.24. The molecule has 1 aromatic heterocycles. The van der Waals surface area contributed by atoms with Gasteiger partial charge in [0.1, 0.15) is 11.5 Å². The molecule has 1 heterocycles. The van der Waals surface area contributed by atoms with Gasteiger partial charge in [-0.3, -0.25) is 0 Å². The van der Waals surface area contributed by atoms with Crippen molar-refractivity contribution in [2.24, 2.45) is 0 Å². The monoisotopic (exact) mass is 544 g/mol. The van der Waals surface area contributed by atoms with Gasteiger partial charge in [-0.05, 0) is 47.9 Å². The first-order valence-electron chi connectivity index (χ1n) is 10.4. The number of benzene rings is 2. The van der Waals surface area contributed by atoms with Crippen LogP contribution in [-0.2, 0) is 30.8 Å². The molecule has 2 nitrogen and oxygen atoms in total. The second-order valence-corrected chi connectivity index (χ2v) is 11.1. The Morgan fingerprint density at radius 3 is 1.33 bits per heavy atom. The van der Waals surface area contributed by atoms with E-state index in [0.29, 0.717) is 11.5 Å². The summed E-state index contributed by atoms with van der Waals surface area (Å²) >= 11 is 3.81. The quantitative estimate of drug-likeness (QED) is 0.302. The number of hydrogen-bond acceptors (Lipinski definition) is 3. The molecule has 0 aliphatic carbocycles. The van der Waals surface area contributed by atoms with Crippen LogP contribution in [0.5, 0.6) is 11.5 Å². The Labute approximate surface area is 228 Å². The van der Waals surface area contributed by atoms with Crippen molar-refractivity contribution in [1.82, 2.24) is 0 Å². The molecule has 0 radical (unpaired) electrons. The van der Waals surface area contributed by atoms with Crippen LogP contribution in [0.25, 0.3) is 0 Å². The topological polar surface area (TPSA) is 40.5 Å². The summed E-state index contributed by atoms with van der Waals surface area (Å²) in [7, 11) is 0. The maximum absolute atomic E-state index is 9.57. The van der Waals surface area contributed by atoms with Crippen LogP contribution in [0.1, 0.15) is 68.7 Å². The van der Waals surface area contributed by atoms with Crippen LogP contribution >= 0.6 is 36.2 Å². The van der Waals surface area contributed by atoms with Crippen LogP contribution in [0.3, 0.4) is 0 Å². The molecule has 2 N–H and O–H groups in total. The van der Waals surface area contributed by atoms with Crippen LogP contribution in [0, 0.1) is 13.8 Å². The number of aromatic hydroxyl groups is 2. The van der Waals surface area contributed by atoms with Gasteiger partial charge in [0.05, 0.1) is 0 Å². The Kier molecular flexibility index (Phi) is 15.5. The molecular formula is C27H38Cl2O2STi. The summed E-state index contributed by atoms with van der Waals surface area (Å²) in [6.45, 7) is 16.7. The Hall–Kier alpha value is -1.10. The molecule has 2 aromatic carbocycles. The molecule has 182 valence electrons. The van der Waals surface area contributed by atoms with Crippen LogP contribution in [0.4, 0.5) is 0 Å². The number of rotatable bonds is 1. The number of phenolic OH excluding ortho intramolecular Hbond substituents is 2. The van der Waals surface area contributed by atoms with Gasteiger partial charge in [0, 0.05) is 0 Å². The molecule has 33 heavy (non-hydrogen) atoms. The minimum atomic E-state index is 0. The standard InChI is InChI=1S/2C11H16O.C5H4S.2ClH.Ti/c2*1-8-5-6-10(12)9(7-8)11(2,3)4;1-5-3-2-4-6-5;;;/h2*5-7,12H,1-4H3;1-4H;2*1H;. The first-order valence-corrected chi connectivity index (χ1v) is 12.2. The summed E-state index contributed by atoms with van der Waals surface area (Å²) in [6, 6.07) is 15.6. The van der Waals surface area contributed by atoms with Gasteiger partial charge in [-0.1, -0.05) is 76.9 Å².